The number of methoxy groups -OCH3 is 1. The van der Waals surface area contributed by atoms with Crippen molar-refractivity contribution < 1.29 is 19.1 Å². The van der Waals surface area contributed by atoms with Crippen molar-refractivity contribution >= 4 is 22.7 Å². The fourth-order valence-electron chi connectivity index (χ4n) is 6.70. The van der Waals surface area contributed by atoms with E-state index in [4.69, 9.17) is 9.47 Å². The van der Waals surface area contributed by atoms with E-state index in [0.717, 1.165) is 54.0 Å². The van der Waals surface area contributed by atoms with E-state index in [0.29, 0.717) is 37.2 Å². The van der Waals surface area contributed by atoms with Gasteiger partial charge in [-0.2, -0.15) is 0 Å². The number of carbonyl (C=O) groups excluding carboxylic acids is 2. The molecule has 2 amide bonds. The van der Waals surface area contributed by atoms with Crippen LogP contribution in [-0.2, 0) is 17.9 Å². The SMILES string of the molecule is COc1ccc2cc3n(c2c1)CC(C)(C(=O)NCCCN1CC(C)CC(C)C1)N(Cc1ccc(OC(C)C)cc1)C3=O. The molecule has 0 saturated carbocycles. The van der Waals surface area contributed by atoms with Crippen LogP contribution in [0.1, 0.15) is 63.5 Å². The van der Waals surface area contributed by atoms with Crippen molar-refractivity contribution in [1.29, 1.82) is 0 Å². The Labute approximate surface area is 249 Å². The molecule has 0 spiro atoms. The zero-order valence-electron chi connectivity index (χ0n) is 26.0. The lowest BCUT2D eigenvalue weighted by Gasteiger charge is -2.44. The van der Waals surface area contributed by atoms with Crippen molar-refractivity contribution in [3.63, 3.8) is 0 Å². The van der Waals surface area contributed by atoms with Crippen LogP contribution < -0.4 is 14.8 Å². The summed E-state index contributed by atoms with van der Waals surface area (Å²) < 4.78 is 13.3. The minimum atomic E-state index is -1.08. The van der Waals surface area contributed by atoms with Crippen LogP contribution in [0.4, 0.5) is 0 Å². The van der Waals surface area contributed by atoms with Crippen LogP contribution >= 0.6 is 0 Å². The molecule has 1 aromatic heterocycles. The van der Waals surface area contributed by atoms with E-state index in [2.05, 4.69) is 24.1 Å². The van der Waals surface area contributed by atoms with Gasteiger partial charge in [-0.15, -0.1) is 0 Å². The Morgan fingerprint density at radius 1 is 1.05 bits per heavy atom. The van der Waals surface area contributed by atoms with Gasteiger partial charge in [0.1, 0.15) is 22.7 Å². The molecule has 1 saturated heterocycles. The molecule has 3 atom stereocenters. The second kappa shape index (κ2) is 12.4. The topological polar surface area (TPSA) is 76.0 Å². The molecular weight excluding hydrogens is 528 g/mol. The maximum atomic E-state index is 14.1. The first kappa shape index (κ1) is 30.0. The molecule has 1 fully saturated rings. The average Bonchev–Trinajstić information content (AvgIpc) is 3.30. The van der Waals surface area contributed by atoms with Gasteiger partial charge in [-0.05, 0) is 87.9 Å². The number of nitrogens with one attached hydrogen (secondary N) is 1. The zero-order valence-corrected chi connectivity index (χ0v) is 26.0. The van der Waals surface area contributed by atoms with Crippen LogP contribution in [0.2, 0.25) is 0 Å². The van der Waals surface area contributed by atoms with E-state index in [1.807, 2.05) is 73.9 Å². The molecule has 0 aliphatic carbocycles. The average molecular weight is 575 g/mol. The maximum Gasteiger partial charge on any atom is 0.271 e. The van der Waals surface area contributed by atoms with Crippen LogP contribution in [0.15, 0.2) is 48.5 Å². The van der Waals surface area contributed by atoms with Crippen molar-refractivity contribution in [2.24, 2.45) is 11.8 Å². The van der Waals surface area contributed by atoms with Gasteiger partial charge in [0.2, 0.25) is 5.91 Å². The normalized spacial score (nSPS) is 22.8. The molecule has 3 unspecified atom stereocenters. The fourth-order valence-corrected chi connectivity index (χ4v) is 6.70. The molecule has 1 N–H and O–H groups in total. The third-order valence-electron chi connectivity index (χ3n) is 8.64. The number of hydrogen-bond acceptors (Lipinski definition) is 5. The molecule has 2 aromatic carbocycles. The van der Waals surface area contributed by atoms with Crippen LogP contribution in [0, 0.1) is 11.8 Å². The van der Waals surface area contributed by atoms with Gasteiger partial charge in [-0.3, -0.25) is 9.59 Å². The van der Waals surface area contributed by atoms with Gasteiger partial charge in [0.25, 0.3) is 5.91 Å². The molecule has 226 valence electrons. The number of aromatic nitrogens is 1. The van der Waals surface area contributed by atoms with Crippen LogP contribution in [-0.4, -0.2) is 71.1 Å². The molecule has 0 radical (unpaired) electrons. The number of ether oxygens (including phenoxy) is 2. The van der Waals surface area contributed by atoms with Crippen molar-refractivity contribution in [2.45, 2.75) is 72.2 Å². The van der Waals surface area contributed by atoms with Crippen molar-refractivity contribution in [3.8, 4) is 11.5 Å². The Morgan fingerprint density at radius 2 is 1.74 bits per heavy atom. The Bertz CT molecular complexity index is 1400. The number of likely N-dealkylation sites (tertiary alicyclic amines) is 1. The number of amides is 2. The lowest BCUT2D eigenvalue weighted by molar-refractivity contribution is -0.133. The molecule has 8 nitrogen and oxygen atoms in total. The van der Waals surface area contributed by atoms with Crippen LogP contribution in [0.3, 0.4) is 0 Å². The van der Waals surface area contributed by atoms with E-state index in [9.17, 15) is 9.59 Å². The Hall–Kier alpha value is -3.52. The molecule has 2 aliphatic heterocycles. The molecule has 5 rings (SSSR count). The predicted octanol–water partition coefficient (Wildman–Crippen LogP) is 5.34. The molecule has 0 bridgehead atoms. The van der Waals surface area contributed by atoms with Crippen molar-refractivity contribution in [1.82, 2.24) is 19.7 Å². The van der Waals surface area contributed by atoms with Gasteiger partial charge in [0.05, 0.1) is 25.3 Å². The summed E-state index contributed by atoms with van der Waals surface area (Å²) >= 11 is 0. The van der Waals surface area contributed by atoms with E-state index >= 15 is 0 Å². The number of fused-ring (bicyclic) bond motifs is 3. The summed E-state index contributed by atoms with van der Waals surface area (Å²) in [4.78, 5) is 32.4. The highest BCUT2D eigenvalue weighted by atomic mass is 16.5. The Balaban J connectivity index is 1.38. The quantitative estimate of drug-likeness (QED) is 0.331. The second-order valence-electron chi connectivity index (χ2n) is 12.8. The zero-order chi connectivity index (χ0) is 30.0. The summed E-state index contributed by atoms with van der Waals surface area (Å²) in [5.41, 5.74) is 1.33. The summed E-state index contributed by atoms with van der Waals surface area (Å²) in [5, 5.41) is 4.15. The molecule has 42 heavy (non-hydrogen) atoms. The predicted molar refractivity (Wildman–Crippen MR) is 166 cm³/mol. The molecule has 2 aliphatic rings. The van der Waals surface area contributed by atoms with Gasteiger partial charge in [0, 0.05) is 37.6 Å². The summed E-state index contributed by atoms with van der Waals surface area (Å²) in [6.07, 6.45) is 2.24. The monoisotopic (exact) mass is 574 g/mol. The van der Waals surface area contributed by atoms with Crippen LogP contribution in [0.5, 0.6) is 11.5 Å². The lowest BCUT2D eigenvalue weighted by atomic mass is 9.92. The second-order valence-corrected chi connectivity index (χ2v) is 12.8. The number of benzene rings is 2. The van der Waals surface area contributed by atoms with Crippen molar-refractivity contribution in [3.05, 3.63) is 59.8 Å². The summed E-state index contributed by atoms with van der Waals surface area (Å²) in [6.45, 7) is 15.0. The number of rotatable bonds is 10. The first-order valence-corrected chi connectivity index (χ1v) is 15.3. The van der Waals surface area contributed by atoms with Gasteiger partial charge < -0.3 is 29.2 Å². The first-order valence-electron chi connectivity index (χ1n) is 15.3. The molecule has 3 heterocycles. The number of nitrogens with zero attached hydrogens (tertiary/aromatic N) is 3. The Kier molecular flexibility index (Phi) is 8.83. The van der Waals surface area contributed by atoms with E-state index in [1.54, 1.807) is 12.0 Å². The van der Waals surface area contributed by atoms with Gasteiger partial charge in [-0.1, -0.05) is 26.0 Å². The summed E-state index contributed by atoms with van der Waals surface area (Å²) in [6, 6.07) is 15.5. The standard InChI is InChI=1S/C34H46N4O4/c1-23(2)42-28-11-8-26(9-12-28)21-38-32(39)31-17-27-10-13-29(41-6)18-30(27)37(31)22-34(38,5)33(40)35-14-7-15-36-19-24(3)16-25(4)20-36/h8-13,17-18,23-25H,7,14-16,19-22H2,1-6H3,(H,35,40). The highest BCUT2D eigenvalue weighted by Crippen LogP contribution is 2.35. The highest BCUT2D eigenvalue weighted by molar-refractivity contribution is 6.03. The van der Waals surface area contributed by atoms with E-state index < -0.39 is 5.54 Å². The van der Waals surface area contributed by atoms with E-state index in [-0.39, 0.29) is 17.9 Å². The summed E-state index contributed by atoms with van der Waals surface area (Å²) in [7, 11) is 1.63. The van der Waals surface area contributed by atoms with Gasteiger partial charge >= 0.3 is 0 Å². The first-order chi connectivity index (χ1) is 20.1. The molecular formula is C34H46N4O4. The van der Waals surface area contributed by atoms with Crippen molar-refractivity contribution in [2.75, 3.05) is 33.3 Å². The smallest absolute Gasteiger partial charge is 0.271 e. The number of carbonyl (C=O) groups is 2. The summed E-state index contributed by atoms with van der Waals surface area (Å²) in [5.74, 6) is 2.62. The highest BCUT2D eigenvalue weighted by Gasteiger charge is 2.47. The lowest BCUT2D eigenvalue weighted by Crippen LogP contribution is -2.63. The van der Waals surface area contributed by atoms with Gasteiger partial charge in [-0.25, -0.2) is 0 Å². The Morgan fingerprint density at radius 3 is 2.40 bits per heavy atom. The molecule has 8 heteroatoms. The maximum absolute atomic E-state index is 14.1. The van der Waals surface area contributed by atoms with Crippen LogP contribution in [0.25, 0.3) is 10.9 Å². The number of hydrogen-bond donors (Lipinski definition) is 1. The van der Waals surface area contributed by atoms with Gasteiger partial charge in [0.15, 0.2) is 0 Å². The molecule has 3 aromatic rings. The number of piperidine rings is 1. The largest absolute Gasteiger partial charge is 0.497 e. The third-order valence-corrected chi connectivity index (χ3v) is 8.64. The minimum Gasteiger partial charge on any atom is -0.497 e. The van der Waals surface area contributed by atoms with E-state index in [1.165, 1.54) is 6.42 Å². The fraction of sp³-hybridized carbons (Fsp3) is 0.529. The minimum absolute atomic E-state index is 0.0776. The third kappa shape index (κ3) is 6.28.